The van der Waals surface area contributed by atoms with Crippen LogP contribution in [0.5, 0.6) is 0 Å². The Labute approximate surface area is 245 Å². The van der Waals surface area contributed by atoms with Gasteiger partial charge in [0, 0.05) is 24.9 Å². The summed E-state index contributed by atoms with van der Waals surface area (Å²) in [7, 11) is -3.38. The first-order valence-corrected chi connectivity index (χ1v) is 16.9. The van der Waals surface area contributed by atoms with Gasteiger partial charge in [-0.15, -0.1) is 0 Å². The van der Waals surface area contributed by atoms with Gasteiger partial charge in [0.05, 0.1) is 12.4 Å². The minimum Gasteiger partial charge on any atom is -0.480 e. The summed E-state index contributed by atoms with van der Waals surface area (Å²) in [6, 6.07) is 12.1. The molecule has 1 aliphatic rings. The summed E-state index contributed by atoms with van der Waals surface area (Å²) in [4.78, 5) is 31.4. The van der Waals surface area contributed by atoms with Crippen LogP contribution in [0.1, 0.15) is 86.2 Å². The van der Waals surface area contributed by atoms with Crippen LogP contribution in [-0.4, -0.2) is 61.7 Å². The Hall–Kier alpha value is -2.75. The van der Waals surface area contributed by atoms with E-state index < -0.39 is 27.8 Å². The molecule has 41 heavy (non-hydrogen) atoms. The van der Waals surface area contributed by atoms with Gasteiger partial charge in [0.2, 0.25) is 0 Å². The van der Waals surface area contributed by atoms with Gasteiger partial charge in [-0.1, -0.05) is 75.8 Å². The van der Waals surface area contributed by atoms with Crippen molar-refractivity contribution in [2.75, 3.05) is 25.2 Å². The second-order valence-electron chi connectivity index (χ2n) is 11.3. The smallest absolute Gasteiger partial charge is 0.326 e. The van der Waals surface area contributed by atoms with Crippen LogP contribution < -0.4 is 5.32 Å². The Morgan fingerprint density at radius 3 is 2.49 bits per heavy atom. The minimum absolute atomic E-state index is 0.206. The molecular formula is C32H46N2O6S. The van der Waals surface area contributed by atoms with Gasteiger partial charge in [-0.2, -0.15) is 5.06 Å². The average Bonchev–Trinajstić information content (AvgIpc) is 2.94. The molecule has 1 saturated carbocycles. The lowest BCUT2D eigenvalue weighted by Gasteiger charge is -2.27. The van der Waals surface area contributed by atoms with Crippen molar-refractivity contribution in [3.63, 3.8) is 0 Å². The number of aryl methyl sites for hydroxylation is 1. The second kappa shape index (κ2) is 16.0. The van der Waals surface area contributed by atoms with Gasteiger partial charge < -0.3 is 10.4 Å². The standard InChI is InChI=1S/C32H46N2O6S/c1-4-5-20-40-34(19-17-25-12-7-6-8-13-25)23-26-15-16-28(29(22-26)27-14-10-9-11-24(27)2)31(35)33-30(32(36)37)18-21-41(3,38)39/h9-11,14-16,22,25,30H,4-8,12-13,17-21,23H2,1-3H3,(H,33,35)(H,36,37)/t30-/m0/s1. The predicted molar refractivity (Wildman–Crippen MR) is 162 cm³/mol. The van der Waals surface area contributed by atoms with E-state index in [4.69, 9.17) is 4.84 Å². The van der Waals surface area contributed by atoms with Crippen LogP contribution in [0.15, 0.2) is 42.5 Å². The van der Waals surface area contributed by atoms with E-state index in [-0.39, 0.29) is 12.2 Å². The molecule has 0 aliphatic heterocycles. The molecule has 2 N–H and O–H groups in total. The summed E-state index contributed by atoms with van der Waals surface area (Å²) in [5, 5.41) is 14.2. The van der Waals surface area contributed by atoms with Crippen LogP contribution >= 0.6 is 0 Å². The number of amides is 1. The zero-order chi connectivity index (χ0) is 29.8. The van der Waals surface area contributed by atoms with Gasteiger partial charge in [-0.3, -0.25) is 9.63 Å². The quantitative estimate of drug-likeness (QED) is 0.189. The number of nitrogens with zero attached hydrogens (tertiary/aromatic N) is 1. The summed E-state index contributed by atoms with van der Waals surface area (Å²) in [5.41, 5.74) is 3.90. The summed E-state index contributed by atoms with van der Waals surface area (Å²) in [5.74, 6) is -1.42. The molecule has 2 aromatic rings. The fourth-order valence-corrected chi connectivity index (χ4v) is 6.01. The average molecular weight is 587 g/mol. The monoisotopic (exact) mass is 586 g/mol. The molecule has 0 heterocycles. The summed E-state index contributed by atoms with van der Waals surface area (Å²) in [6.07, 6.45) is 10.5. The predicted octanol–water partition coefficient (Wildman–Crippen LogP) is 5.78. The van der Waals surface area contributed by atoms with Crippen molar-refractivity contribution >= 4 is 21.7 Å². The number of carbonyl (C=O) groups excluding carboxylic acids is 1. The molecule has 8 nitrogen and oxygen atoms in total. The van der Waals surface area contributed by atoms with Crippen LogP contribution in [0.2, 0.25) is 0 Å². The number of hydrogen-bond donors (Lipinski definition) is 2. The second-order valence-corrected chi connectivity index (χ2v) is 13.6. The molecule has 0 unspecified atom stereocenters. The first-order chi connectivity index (χ1) is 19.6. The highest BCUT2D eigenvalue weighted by Crippen LogP contribution is 2.30. The van der Waals surface area contributed by atoms with Crippen molar-refractivity contribution in [2.45, 2.75) is 84.2 Å². The van der Waals surface area contributed by atoms with E-state index in [2.05, 4.69) is 12.2 Å². The fourth-order valence-electron chi connectivity index (χ4n) is 5.34. The molecule has 226 valence electrons. The molecule has 3 rings (SSSR count). The molecule has 0 bridgehead atoms. The van der Waals surface area contributed by atoms with Crippen molar-refractivity contribution < 1.29 is 28.0 Å². The van der Waals surface area contributed by atoms with E-state index in [0.717, 1.165) is 54.7 Å². The van der Waals surface area contributed by atoms with Gasteiger partial charge in [-0.05, 0) is 66.5 Å². The van der Waals surface area contributed by atoms with E-state index >= 15 is 0 Å². The van der Waals surface area contributed by atoms with Gasteiger partial charge >= 0.3 is 5.97 Å². The summed E-state index contributed by atoms with van der Waals surface area (Å²) >= 11 is 0. The summed E-state index contributed by atoms with van der Waals surface area (Å²) < 4.78 is 23.2. The highest BCUT2D eigenvalue weighted by Gasteiger charge is 2.25. The maximum Gasteiger partial charge on any atom is 0.326 e. The Morgan fingerprint density at radius 2 is 1.83 bits per heavy atom. The Balaban J connectivity index is 1.86. The lowest BCUT2D eigenvalue weighted by Crippen LogP contribution is -2.42. The van der Waals surface area contributed by atoms with Crippen molar-refractivity contribution in [3.8, 4) is 11.1 Å². The molecule has 1 amide bonds. The zero-order valence-corrected chi connectivity index (χ0v) is 25.5. The lowest BCUT2D eigenvalue weighted by atomic mass is 9.87. The molecule has 0 saturated heterocycles. The maximum atomic E-state index is 13.4. The number of rotatable bonds is 16. The topological polar surface area (TPSA) is 113 Å². The molecule has 2 aromatic carbocycles. The lowest BCUT2D eigenvalue weighted by molar-refractivity contribution is -0.169. The van der Waals surface area contributed by atoms with Gasteiger partial charge in [0.15, 0.2) is 0 Å². The highest BCUT2D eigenvalue weighted by molar-refractivity contribution is 7.90. The maximum absolute atomic E-state index is 13.4. The molecule has 1 atom stereocenters. The molecule has 1 fully saturated rings. The van der Waals surface area contributed by atoms with Crippen molar-refractivity contribution in [1.29, 1.82) is 0 Å². The first kappa shape index (κ1) is 32.8. The Bertz CT molecular complexity index is 1260. The third-order valence-corrected chi connectivity index (χ3v) is 8.76. The number of carbonyl (C=O) groups is 2. The van der Waals surface area contributed by atoms with E-state index in [1.54, 1.807) is 6.07 Å². The van der Waals surface area contributed by atoms with Crippen LogP contribution in [0.3, 0.4) is 0 Å². The molecule has 0 radical (unpaired) electrons. The van der Waals surface area contributed by atoms with Gasteiger partial charge in [0.1, 0.15) is 15.9 Å². The minimum atomic E-state index is -3.38. The fraction of sp³-hybridized carbons (Fsp3) is 0.562. The van der Waals surface area contributed by atoms with Crippen LogP contribution in [0.4, 0.5) is 0 Å². The third-order valence-electron chi connectivity index (χ3n) is 7.79. The van der Waals surface area contributed by atoms with E-state index in [1.165, 1.54) is 32.1 Å². The number of hydroxylamine groups is 2. The number of nitrogens with one attached hydrogen (secondary N) is 1. The zero-order valence-electron chi connectivity index (χ0n) is 24.7. The number of carboxylic acids is 1. The van der Waals surface area contributed by atoms with Crippen molar-refractivity contribution in [2.24, 2.45) is 5.92 Å². The Kier molecular flexibility index (Phi) is 12.8. The highest BCUT2D eigenvalue weighted by atomic mass is 32.2. The Morgan fingerprint density at radius 1 is 1.10 bits per heavy atom. The van der Waals surface area contributed by atoms with Crippen LogP contribution in [0.25, 0.3) is 11.1 Å². The van der Waals surface area contributed by atoms with Crippen molar-refractivity contribution in [1.82, 2.24) is 10.4 Å². The number of sulfone groups is 1. The number of aliphatic carboxylic acids is 1. The number of benzene rings is 2. The van der Waals surface area contributed by atoms with E-state index in [9.17, 15) is 23.1 Å². The van der Waals surface area contributed by atoms with E-state index in [0.29, 0.717) is 24.3 Å². The number of unbranched alkanes of at least 4 members (excludes halogenated alkanes) is 1. The molecule has 1 aliphatic carbocycles. The summed E-state index contributed by atoms with van der Waals surface area (Å²) in [6.45, 7) is 6.20. The van der Waals surface area contributed by atoms with Gasteiger partial charge in [0.25, 0.3) is 5.91 Å². The van der Waals surface area contributed by atoms with Crippen molar-refractivity contribution in [3.05, 3.63) is 59.2 Å². The molecular weight excluding hydrogens is 540 g/mol. The first-order valence-electron chi connectivity index (χ1n) is 14.9. The molecule has 0 spiro atoms. The molecule has 9 heteroatoms. The number of carboxylic acid groups (broad SMARTS) is 1. The van der Waals surface area contributed by atoms with Crippen LogP contribution in [0, 0.1) is 12.8 Å². The SMILES string of the molecule is CCCCON(CCC1CCCCC1)Cc1ccc(C(=O)N[C@@H](CCS(C)(=O)=O)C(=O)O)c(-c2ccccc2C)c1. The van der Waals surface area contributed by atoms with Crippen LogP contribution in [-0.2, 0) is 26.0 Å². The normalized spacial score (nSPS) is 15.1. The molecule has 0 aromatic heterocycles. The number of hydrogen-bond acceptors (Lipinski definition) is 6. The van der Waals surface area contributed by atoms with Gasteiger partial charge in [-0.25, -0.2) is 13.2 Å². The van der Waals surface area contributed by atoms with E-state index in [1.807, 2.05) is 48.4 Å². The third kappa shape index (κ3) is 10.9. The largest absolute Gasteiger partial charge is 0.480 e.